The summed E-state index contributed by atoms with van der Waals surface area (Å²) in [7, 11) is -3.15. The Balaban J connectivity index is 1.36. The maximum atomic E-state index is 10.6. The smallest absolute Gasteiger partial charge is 0.0992 e. The van der Waals surface area contributed by atoms with Gasteiger partial charge in [-0.15, -0.1) is 10.8 Å². The lowest BCUT2D eigenvalue weighted by Crippen LogP contribution is -2.34. The molecule has 2 aromatic carbocycles. The zero-order chi connectivity index (χ0) is 20.3. The number of hydrogen-bond donors (Lipinski definition) is 3. The third-order valence-electron chi connectivity index (χ3n) is 4.95. The molecule has 7 nitrogen and oxygen atoms in total. The molecule has 4 rings (SSSR count). The highest BCUT2D eigenvalue weighted by molar-refractivity contribution is 8.22. The molecule has 0 bridgehead atoms. The van der Waals surface area contributed by atoms with Crippen LogP contribution in [0.3, 0.4) is 0 Å². The van der Waals surface area contributed by atoms with Crippen LogP contribution in [0.2, 0.25) is 0 Å². The van der Waals surface area contributed by atoms with Crippen LogP contribution < -0.4 is 4.72 Å². The summed E-state index contributed by atoms with van der Waals surface area (Å²) in [6.07, 6.45) is 2.77. The van der Waals surface area contributed by atoms with E-state index in [1.807, 2.05) is 53.3 Å². The molecule has 1 aliphatic heterocycles. The molecule has 0 aliphatic carbocycles. The fraction of sp³-hybridized carbons (Fsp3) is 0.238. The number of nitrogens with zero attached hydrogens (tertiary/aromatic N) is 4. The van der Waals surface area contributed by atoms with Gasteiger partial charge >= 0.3 is 0 Å². The molecule has 1 saturated heterocycles. The lowest BCUT2D eigenvalue weighted by molar-refractivity contribution is 0.318. The highest BCUT2D eigenvalue weighted by atomic mass is 32.3. The summed E-state index contributed by atoms with van der Waals surface area (Å²) in [5, 5.41) is 13.7. The molecule has 150 valence electrons. The van der Waals surface area contributed by atoms with Crippen LogP contribution in [-0.2, 0) is 6.54 Å². The van der Waals surface area contributed by atoms with Crippen LogP contribution >= 0.6 is 10.8 Å². The van der Waals surface area contributed by atoms with Gasteiger partial charge in [-0.3, -0.25) is 14.0 Å². The molecule has 3 N–H and O–H groups in total. The number of rotatable bonds is 6. The maximum absolute atomic E-state index is 10.6. The van der Waals surface area contributed by atoms with Crippen LogP contribution in [-0.4, -0.2) is 42.9 Å². The van der Waals surface area contributed by atoms with Crippen LogP contribution in [0.1, 0.15) is 17.7 Å². The molecule has 1 aromatic heterocycles. The highest BCUT2D eigenvalue weighted by Crippen LogP contribution is 2.45. The minimum absolute atomic E-state index is 0.0399. The molecule has 0 unspecified atom stereocenters. The number of aromatic nitrogens is 2. The summed E-state index contributed by atoms with van der Waals surface area (Å²) in [5.74, 6) is 0. The Morgan fingerprint density at radius 1 is 1.14 bits per heavy atom. The Labute approximate surface area is 171 Å². The number of para-hydroxylation sites is 1. The van der Waals surface area contributed by atoms with Gasteiger partial charge in [0.2, 0.25) is 0 Å². The van der Waals surface area contributed by atoms with Gasteiger partial charge in [0.25, 0.3) is 0 Å². The van der Waals surface area contributed by atoms with E-state index in [1.54, 1.807) is 18.2 Å². The van der Waals surface area contributed by atoms with Crippen LogP contribution in [0, 0.1) is 11.3 Å². The number of benzene rings is 2. The number of nitrogens with one attached hydrogen (secondary N) is 1. The molecule has 8 heteroatoms. The van der Waals surface area contributed by atoms with Gasteiger partial charge in [-0.05, 0) is 42.8 Å². The summed E-state index contributed by atoms with van der Waals surface area (Å²) < 4.78 is 26.0. The second-order valence-electron chi connectivity index (χ2n) is 7.11. The van der Waals surface area contributed by atoms with E-state index >= 15 is 0 Å². The van der Waals surface area contributed by atoms with Gasteiger partial charge in [-0.1, -0.05) is 24.3 Å². The van der Waals surface area contributed by atoms with E-state index in [2.05, 4.69) is 14.7 Å². The molecule has 0 radical (unpaired) electrons. The first kappa shape index (κ1) is 19.6. The zero-order valence-electron chi connectivity index (χ0n) is 15.8. The molecule has 1 atom stereocenters. The molecule has 29 heavy (non-hydrogen) atoms. The highest BCUT2D eigenvalue weighted by Gasteiger charge is 2.28. The van der Waals surface area contributed by atoms with Crippen molar-refractivity contribution in [2.45, 2.75) is 23.9 Å². The SMILES string of the molecule is N#Cc1cccc(S(O)(O)N[C@@H]2CCN(Cc3ccn(-c4ccccc4)n3)C2)c1. The van der Waals surface area contributed by atoms with E-state index in [0.29, 0.717) is 23.5 Å². The lowest BCUT2D eigenvalue weighted by Gasteiger charge is -2.35. The number of nitriles is 1. The van der Waals surface area contributed by atoms with Crippen molar-refractivity contribution in [2.75, 3.05) is 13.1 Å². The summed E-state index contributed by atoms with van der Waals surface area (Å²) in [6.45, 7) is 2.26. The predicted molar refractivity (Wildman–Crippen MR) is 113 cm³/mol. The second kappa shape index (κ2) is 8.37. The van der Waals surface area contributed by atoms with Gasteiger partial charge in [-0.25, -0.2) is 9.40 Å². The van der Waals surface area contributed by atoms with Crippen molar-refractivity contribution >= 4 is 10.8 Å². The second-order valence-corrected chi connectivity index (χ2v) is 8.92. The number of likely N-dealkylation sites (tertiary alicyclic amines) is 1. The molecule has 1 aliphatic rings. The van der Waals surface area contributed by atoms with Gasteiger partial charge in [0.1, 0.15) is 0 Å². The van der Waals surface area contributed by atoms with Crippen molar-refractivity contribution in [3.63, 3.8) is 0 Å². The van der Waals surface area contributed by atoms with Gasteiger partial charge < -0.3 is 0 Å². The van der Waals surface area contributed by atoms with Crippen molar-refractivity contribution in [1.82, 2.24) is 19.4 Å². The molecule has 0 spiro atoms. The summed E-state index contributed by atoms with van der Waals surface area (Å²) in [6, 6.07) is 20.4. The van der Waals surface area contributed by atoms with Crippen LogP contribution in [0.5, 0.6) is 0 Å². The molecular formula is C21H23N5O2S. The maximum Gasteiger partial charge on any atom is 0.0992 e. The summed E-state index contributed by atoms with van der Waals surface area (Å²) in [5.41, 5.74) is 2.41. The average molecular weight is 410 g/mol. The predicted octanol–water partition coefficient (Wildman–Crippen LogP) is 3.63. The Kier molecular flexibility index (Phi) is 5.67. The molecule has 2 heterocycles. The Bertz CT molecular complexity index is 1020. The van der Waals surface area contributed by atoms with E-state index in [0.717, 1.165) is 24.3 Å². The number of hydrogen-bond acceptors (Lipinski definition) is 6. The Morgan fingerprint density at radius 2 is 1.97 bits per heavy atom. The summed E-state index contributed by atoms with van der Waals surface area (Å²) in [4.78, 5) is 2.59. The zero-order valence-corrected chi connectivity index (χ0v) is 16.7. The first-order valence-corrected chi connectivity index (χ1v) is 11.0. The molecule has 0 saturated carbocycles. The van der Waals surface area contributed by atoms with E-state index in [4.69, 9.17) is 5.26 Å². The van der Waals surface area contributed by atoms with Crippen molar-refractivity contribution in [2.24, 2.45) is 0 Å². The van der Waals surface area contributed by atoms with E-state index in [1.165, 1.54) is 6.07 Å². The van der Waals surface area contributed by atoms with Gasteiger partial charge in [0, 0.05) is 31.9 Å². The van der Waals surface area contributed by atoms with Crippen LogP contribution in [0.4, 0.5) is 0 Å². The largest absolute Gasteiger partial charge is 0.296 e. The van der Waals surface area contributed by atoms with E-state index < -0.39 is 10.8 Å². The summed E-state index contributed by atoms with van der Waals surface area (Å²) >= 11 is 0. The monoisotopic (exact) mass is 409 g/mol. The molecule has 1 fully saturated rings. The Hall–Kier alpha value is -2.67. The van der Waals surface area contributed by atoms with Crippen molar-refractivity contribution in [1.29, 1.82) is 5.26 Å². The fourth-order valence-corrected chi connectivity index (χ4v) is 4.87. The van der Waals surface area contributed by atoms with E-state index in [9.17, 15) is 9.11 Å². The minimum Gasteiger partial charge on any atom is -0.296 e. The fourth-order valence-electron chi connectivity index (χ4n) is 3.52. The van der Waals surface area contributed by atoms with Crippen LogP contribution in [0.25, 0.3) is 5.69 Å². The topological polar surface area (TPSA) is 97.3 Å². The van der Waals surface area contributed by atoms with Gasteiger partial charge in [0.05, 0.1) is 27.9 Å². The van der Waals surface area contributed by atoms with Crippen molar-refractivity contribution in [3.8, 4) is 11.8 Å². The quantitative estimate of drug-likeness (QED) is 0.575. The van der Waals surface area contributed by atoms with Crippen molar-refractivity contribution in [3.05, 3.63) is 78.1 Å². The minimum atomic E-state index is -3.15. The van der Waals surface area contributed by atoms with Gasteiger partial charge in [0.15, 0.2) is 0 Å². The Morgan fingerprint density at radius 3 is 2.76 bits per heavy atom. The first-order valence-electron chi connectivity index (χ1n) is 9.41. The standard InChI is InChI=1S/C21H23N5O2S/c22-14-17-5-4-8-21(13-17)29(27,28)24-19-9-11-25(16-19)15-18-10-12-26(23-18)20-6-2-1-3-7-20/h1-8,10,12-13,19,24,27-28H,9,11,15-16H2/t19-/m1/s1. The lowest BCUT2D eigenvalue weighted by atomic mass is 10.2. The average Bonchev–Trinajstić information content (AvgIpc) is 3.38. The first-order chi connectivity index (χ1) is 14.0. The van der Waals surface area contributed by atoms with Crippen molar-refractivity contribution < 1.29 is 9.11 Å². The molecule has 0 amide bonds. The van der Waals surface area contributed by atoms with E-state index in [-0.39, 0.29) is 6.04 Å². The molecular weight excluding hydrogens is 386 g/mol. The van der Waals surface area contributed by atoms with Gasteiger partial charge in [-0.2, -0.15) is 10.4 Å². The van der Waals surface area contributed by atoms with Crippen LogP contribution in [0.15, 0.2) is 71.8 Å². The third kappa shape index (κ3) is 4.67. The normalized spacial score (nSPS) is 17.9. The third-order valence-corrected chi connectivity index (χ3v) is 6.52. The molecule has 3 aromatic rings.